The van der Waals surface area contributed by atoms with Crippen LogP contribution in [0.15, 0.2) is 60.0 Å². The summed E-state index contributed by atoms with van der Waals surface area (Å²) in [7, 11) is 0. The molecule has 5 N–H and O–H groups in total. The van der Waals surface area contributed by atoms with Crippen molar-refractivity contribution in [2.24, 2.45) is 5.73 Å². The second kappa shape index (κ2) is 11.4. The smallest absolute Gasteiger partial charge is 0.251 e. The number of nitrogen functional groups attached to an aromatic ring is 1. The van der Waals surface area contributed by atoms with E-state index in [2.05, 4.69) is 29.7 Å². The van der Waals surface area contributed by atoms with E-state index in [0.29, 0.717) is 24.3 Å². The monoisotopic (exact) mass is 599 g/mol. The molecule has 4 aromatic rings. The average Bonchev–Trinajstić information content (AvgIpc) is 3.76. The molecular formula is C32H33N5O5S. The Morgan fingerprint density at radius 3 is 2.56 bits per heavy atom. The summed E-state index contributed by atoms with van der Waals surface area (Å²) in [5, 5.41) is 19.4. The van der Waals surface area contributed by atoms with Gasteiger partial charge in [0, 0.05) is 27.8 Å². The van der Waals surface area contributed by atoms with E-state index in [4.69, 9.17) is 20.6 Å². The van der Waals surface area contributed by atoms with Crippen molar-refractivity contribution < 1.29 is 23.9 Å². The maximum absolute atomic E-state index is 13.5. The highest BCUT2D eigenvalue weighted by molar-refractivity contribution is 7.10. The molecular weight excluding hydrogens is 566 g/mol. The first kappa shape index (κ1) is 28.8. The minimum absolute atomic E-state index is 0.0413. The predicted molar refractivity (Wildman–Crippen MR) is 165 cm³/mol. The molecule has 10 nitrogen and oxygen atoms in total. The molecule has 1 aromatic heterocycles. The van der Waals surface area contributed by atoms with Gasteiger partial charge in [0.25, 0.3) is 5.91 Å². The van der Waals surface area contributed by atoms with Crippen LogP contribution < -0.4 is 16.4 Å². The van der Waals surface area contributed by atoms with Gasteiger partial charge in [-0.2, -0.15) is 0 Å². The highest BCUT2D eigenvalue weighted by Crippen LogP contribution is 2.35. The van der Waals surface area contributed by atoms with Crippen molar-refractivity contribution in [2.75, 3.05) is 26.3 Å². The van der Waals surface area contributed by atoms with Crippen LogP contribution in [0.3, 0.4) is 0 Å². The van der Waals surface area contributed by atoms with Gasteiger partial charge in [-0.05, 0) is 65.2 Å². The van der Waals surface area contributed by atoms with E-state index in [1.54, 1.807) is 17.5 Å². The summed E-state index contributed by atoms with van der Waals surface area (Å²) in [5.74, 6) is -2.22. The molecule has 43 heavy (non-hydrogen) atoms. The van der Waals surface area contributed by atoms with Gasteiger partial charge in [0.05, 0.1) is 32.3 Å². The normalized spacial score (nSPS) is 18.3. The Kier molecular flexibility index (Phi) is 7.63. The number of rotatable bonds is 7. The van der Waals surface area contributed by atoms with E-state index in [1.807, 2.05) is 37.3 Å². The lowest BCUT2D eigenvalue weighted by molar-refractivity contribution is -0.152. The number of nitrogens with zero attached hydrogens (tertiary/aromatic N) is 1. The van der Waals surface area contributed by atoms with Gasteiger partial charge in [-0.15, -0.1) is 11.3 Å². The number of ether oxygens (including phenoxy) is 2. The van der Waals surface area contributed by atoms with Crippen LogP contribution in [0.5, 0.6) is 0 Å². The molecule has 0 radical (unpaired) electrons. The Morgan fingerprint density at radius 2 is 1.81 bits per heavy atom. The Bertz CT molecular complexity index is 1760. The summed E-state index contributed by atoms with van der Waals surface area (Å²) < 4.78 is 11.7. The standard InChI is InChI=1S/C32H33N5O5S/c1-18-24-6-4-3-5-20(24)11-22-12-21(7-8-25(18)22)30(39)35-15-28(38)37-17-32(41-9-10-42-32)14-26(37)31(40)36-19(2)27-13-23(16-43-27)29(33)34/h3-8,11-13,16,19,26H,9-10,14-15,17H2,1-2H3,(H3,33,34)(H,35,39)(H,36,40)/t19-,26?/m1/s1. The zero-order valence-corrected chi connectivity index (χ0v) is 24.8. The molecule has 0 saturated carbocycles. The SMILES string of the molecule is Cc1c2ccccc2cc2cc(C(=O)NCC(=O)N3CC4(CC3C(=O)N[C@H](C)c3cc(C(=N)N)cs3)OCCO4)ccc12. The lowest BCUT2D eigenvalue weighted by Crippen LogP contribution is -2.49. The Morgan fingerprint density at radius 1 is 1.07 bits per heavy atom. The van der Waals surface area contributed by atoms with Crippen molar-refractivity contribution in [3.8, 4) is 0 Å². The van der Waals surface area contributed by atoms with Gasteiger partial charge in [0.15, 0.2) is 5.79 Å². The second-order valence-electron chi connectivity index (χ2n) is 11.1. The van der Waals surface area contributed by atoms with Gasteiger partial charge in [-0.25, -0.2) is 0 Å². The number of thiophene rings is 1. The summed E-state index contributed by atoms with van der Waals surface area (Å²) in [6.45, 7) is 4.47. The third-order valence-corrected chi connectivity index (χ3v) is 9.35. The van der Waals surface area contributed by atoms with Crippen molar-refractivity contribution >= 4 is 56.4 Å². The molecule has 2 saturated heterocycles. The van der Waals surface area contributed by atoms with Gasteiger partial charge < -0.3 is 30.7 Å². The minimum atomic E-state index is -1.05. The molecule has 0 aliphatic carbocycles. The molecule has 1 unspecified atom stereocenters. The van der Waals surface area contributed by atoms with Crippen molar-refractivity contribution in [3.63, 3.8) is 0 Å². The Hall–Kier alpha value is -4.32. The van der Waals surface area contributed by atoms with Crippen LogP contribution >= 0.6 is 11.3 Å². The number of hydrogen-bond acceptors (Lipinski definition) is 7. The fourth-order valence-corrected chi connectivity index (χ4v) is 6.86. The number of fused-ring (bicyclic) bond motifs is 2. The Labute approximate surface area is 252 Å². The van der Waals surface area contributed by atoms with Crippen LogP contribution in [0.4, 0.5) is 0 Å². The fraction of sp³-hybridized carbons (Fsp3) is 0.312. The predicted octanol–water partition coefficient (Wildman–Crippen LogP) is 3.60. The number of amidine groups is 1. The highest BCUT2D eigenvalue weighted by atomic mass is 32.1. The number of amides is 3. The van der Waals surface area contributed by atoms with E-state index in [-0.39, 0.29) is 43.2 Å². The number of benzene rings is 3. The molecule has 2 fully saturated rings. The van der Waals surface area contributed by atoms with Gasteiger partial charge in [-0.1, -0.05) is 30.3 Å². The lowest BCUT2D eigenvalue weighted by Gasteiger charge is -2.25. The molecule has 2 aliphatic heterocycles. The lowest BCUT2D eigenvalue weighted by atomic mass is 9.96. The minimum Gasteiger partial charge on any atom is -0.384 e. The number of carbonyl (C=O) groups excluding carboxylic acids is 3. The largest absolute Gasteiger partial charge is 0.384 e. The molecule has 3 heterocycles. The average molecular weight is 600 g/mol. The van der Waals surface area contributed by atoms with Crippen molar-refractivity contribution in [1.82, 2.24) is 15.5 Å². The van der Waals surface area contributed by atoms with E-state index >= 15 is 0 Å². The van der Waals surface area contributed by atoms with Crippen molar-refractivity contribution in [1.29, 1.82) is 5.41 Å². The molecule has 2 atom stereocenters. The fourth-order valence-electron chi connectivity index (χ4n) is 5.94. The number of hydrogen-bond donors (Lipinski definition) is 4. The first-order valence-electron chi connectivity index (χ1n) is 14.1. The third-order valence-electron chi connectivity index (χ3n) is 8.24. The van der Waals surface area contributed by atoms with E-state index in [1.165, 1.54) is 21.6 Å². The van der Waals surface area contributed by atoms with E-state index in [9.17, 15) is 14.4 Å². The number of likely N-dealkylation sites (tertiary alicyclic amines) is 1. The van der Waals surface area contributed by atoms with Crippen LogP contribution in [0, 0.1) is 12.3 Å². The van der Waals surface area contributed by atoms with Crippen LogP contribution in [0.25, 0.3) is 21.5 Å². The van der Waals surface area contributed by atoms with Crippen molar-refractivity contribution in [2.45, 2.75) is 38.1 Å². The van der Waals surface area contributed by atoms with Gasteiger partial charge in [-0.3, -0.25) is 19.8 Å². The zero-order chi connectivity index (χ0) is 30.3. The van der Waals surface area contributed by atoms with Crippen LogP contribution in [-0.4, -0.2) is 66.6 Å². The maximum Gasteiger partial charge on any atom is 0.251 e. The molecule has 3 amide bonds. The molecule has 0 bridgehead atoms. The van der Waals surface area contributed by atoms with Crippen LogP contribution in [-0.2, 0) is 19.1 Å². The van der Waals surface area contributed by atoms with Crippen LogP contribution in [0.2, 0.25) is 0 Å². The summed E-state index contributed by atoms with van der Waals surface area (Å²) in [6.07, 6.45) is 0.187. The summed E-state index contributed by atoms with van der Waals surface area (Å²) in [4.78, 5) is 42.3. The summed E-state index contributed by atoms with van der Waals surface area (Å²) >= 11 is 1.39. The topological polar surface area (TPSA) is 147 Å². The van der Waals surface area contributed by atoms with Gasteiger partial charge >= 0.3 is 0 Å². The molecule has 3 aromatic carbocycles. The van der Waals surface area contributed by atoms with Gasteiger partial charge in [0.2, 0.25) is 11.8 Å². The molecule has 11 heteroatoms. The Balaban J connectivity index is 1.15. The van der Waals surface area contributed by atoms with E-state index < -0.39 is 17.7 Å². The van der Waals surface area contributed by atoms with Gasteiger partial charge in [0.1, 0.15) is 11.9 Å². The zero-order valence-electron chi connectivity index (χ0n) is 23.9. The first-order chi connectivity index (χ1) is 20.6. The summed E-state index contributed by atoms with van der Waals surface area (Å²) in [5.41, 5.74) is 7.77. The highest BCUT2D eigenvalue weighted by Gasteiger charge is 2.52. The number of carbonyl (C=O) groups is 3. The third kappa shape index (κ3) is 5.58. The molecule has 222 valence electrons. The van der Waals surface area contributed by atoms with E-state index in [0.717, 1.165) is 26.6 Å². The quantitative estimate of drug-likeness (QED) is 0.145. The molecule has 1 spiro atoms. The number of aryl methyl sites for hydroxylation is 1. The first-order valence-corrected chi connectivity index (χ1v) is 15.0. The maximum atomic E-state index is 13.5. The number of nitrogens with two attached hydrogens (primary N) is 1. The van der Waals surface area contributed by atoms with Crippen molar-refractivity contribution in [3.05, 3.63) is 81.5 Å². The number of nitrogens with one attached hydrogen (secondary N) is 3. The van der Waals surface area contributed by atoms with Crippen LogP contribution in [0.1, 0.15) is 45.7 Å². The molecule has 6 rings (SSSR count). The molecule has 2 aliphatic rings. The second-order valence-corrected chi connectivity index (χ2v) is 12.0. The summed E-state index contributed by atoms with van der Waals surface area (Å²) in [6, 6.07) is 16.3.